The molecule has 122 valence electrons. The molecule has 0 radical (unpaired) electrons. The first kappa shape index (κ1) is 16.7. The van der Waals surface area contributed by atoms with E-state index in [9.17, 15) is 14.4 Å². The molecule has 0 spiro atoms. The summed E-state index contributed by atoms with van der Waals surface area (Å²) >= 11 is 0. The lowest BCUT2D eigenvalue weighted by molar-refractivity contribution is -0.134. The Morgan fingerprint density at radius 1 is 1.17 bits per heavy atom. The molecule has 0 fully saturated rings. The molecule has 2 aromatic rings. The van der Waals surface area contributed by atoms with Gasteiger partial charge in [0.05, 0.1) is 5.39 Å². The minimum atomic E-state index is -0.725. The van der Waals surface area contributed by atoms with Crippen LogP contribution < -0.4 is 5.56 Å². The second kappa shape index (κ2) is 7.04. The minimum absolute atomic E-state index is 0.0232. The van der Waals surface area contributed by atoms with Crippen molar-refractivity contribution < 1.29 is 14.3 Å². The van der Waals surface area contributed by atoms with Crippen molar-refractivity contribution in [3.05, 3.63) is 40.3 Å². The van der Waals surface area contributed by atoms with Gasteiger partial charge in [0.1, 0.15) is 0 Å². The molecular formula is C16H19N3O4. The number of nitrogens with zero attached hydrogens (tertiary/aromatic N) is 3. The van der Waals surface area contributed by atoms with Crippen LogP contribution in [0.1, 0.15) is 24.3 Å². The van der Waals surface area contributed by atoms with Crippen LogP contribution in [0.15, 0.2) is 29.1 Å². The third-order valence-corrected chi connectivity index (χ3v) is 3.59. The number of benzene rings is 1. The summed E-state index contributed by atoms with van der Waals surface area (Å²) in [6.45, 7) is 4.46. The summed E-state index contributed by atoms with van der Waals surface area (Å²) in [6, 6.07) is 6.67. The van der Waals surface area contributed by atoms with E-state index in [1.807, 2.05) is 13.8 Å². The summed E-state index contributed by atoms with van der Waals surface area (Å²) in [4.78, 5) is 37.7. The molecule has 2 rings (SSSR count). The van der Waals surface area contributed by atoms with Gasteiger partial charge in [-0.25, -0.2) is 9.48 Å². The van der Waals surface area contributed by atoms with Crippen molar-refractivity contribution in [2.45, 2.75) is 13.8 Å². The first-order chi connectivity index (χ1) is 11.0. The molecule has 0 saturated heterocycles. The monoisotopic (exact) mass is 317 g/mol. The number of esters is 1. The number of hydrogen-bond acceptors (Lipinski definition) is 5. The fourth-order valence-electron chi connectivity index (χ4n) is 2.31. The van der Waals surface area contributed by atoms with E-state index in [1.54, 1.807) is 29.2 Å². The van der Waals surface area contributed by atoms with E-state index in [4.69, 9.17) is 4.74 Å². The molecule has 1 heterocycles. The van der Waals surface area contributed by atoms with Gasteiger partial charge in [-0.3, -0.25) is 9.59 Å². The Morgan fingerprint density at radius 2 is 1.78 bits per heavy atom. The lowest BCUT2D eigenvalue weighted by Gasteiger charge is -2.18. The molecule has 0 aliphatic rings. The molecule has 0 unspecified atom stereocenters. The standard InChI is InChI=1S/C16H19N3O4/c1-4-19(5-2)13(20)10-23-16(22)14-11-8-6-7-9-12(11)15(21)18(3)17-14/h6-9H,4-5,10H2,1-3H3. The van der Waals surface area contributed by atoms with Crippen molar-refractivity contribution in [2.75, 3.05) is 19.7 Å². The minimum Gasteiger partial charge on any atom is -0.451 e. The van der Waals surface area contributed by atoms with Crippen LogP contribution in [0, 0.1) is 0 Å². The predicted molar refractivity (Wildman–Crippen MR) is 85.2 cm³/mol. The van der Waals surface area contributed by atoms with Crippen LogP contribution >= 0.6 is 0 Å². The number of amides is 1. The Bertz CT molecular complexity index is 794. The summed E-state index contributed by atoms with van der Waals surface area (Å²) in [7, 11) is 1.46. The van der Waals surface area contributed by atoms with Crippen molar-refractivity contribution in [1.29, 1.82) is 0 Å². The molecular weight excluding hydrogens is 298 g/mol. The summed E-state index contributed by atoms with van der Waals surface area (Å²) in [5, 5.41) is 4.76. The van der Waals surface area contributed by atoms with Crippen LogP contribution in [-0.2, 0) is 16.6 Å². The van der Waals surface area contributed by atoms with Crippen molar-refractivity contribution in [3.63, 3.8) is 0 Å². The lowest BCUT2D eigenvalue weighted by Crippen LogP contribution is -2.34. The molecule has 0 aliphatic heterocycles. The van der Waals surface area contributed by atoms with Crippen molar-refractivity contribution in [3.8, 4) is 0 Å². The molecule has 0 bridgehead atoms. The number of ether oxygens (including phenoxy) is 1. The highest BCUT2D eigenvalue weighted by Gasteiger charge is 2.19. The summed E-state index contributed by atoms with van der Waals surface area (Å²) in [5.41, 5.74) is -0.272. The highest BCUT2D eigenvalue weighted by atomic mass is 16.5. The molecule has 7 heteroatoms. The first-order valence-electron chi connectivity index (χ1n) is 7.40. The third-order valence-electron chi connectivity index (χ3n) is 3.59. The van der Waals surface area contributed by atoms with E-state index in [1.165, 1.54) is 7.05 Å². The Kier molecular flexibility index (Phi) is 5.10. The van der Waals surface area contributed by atoms with E-state index in [2.05, 4.69) is 5.10 Å². The second-order valence-electron chi connectivity index (χ2n) is 4.97. The van der Waals surface area contributed by atoms with E-state index in [0.717, 1.165) is 4.68 Å². The average molecular weight is 317 g/mol. The largest absolute Gasteiger partial charge is 0.451 e. The van der Waals surface area contributed by atoms with E-state index in [-0.39, 0.29) is 23.8 Å². The maximum Gasteiger partial charge on any atom is 0.359 e. The predicted octanol–water partition coefficient (Wildman–Crippen LogP) is 0.959. The van der Waals surface area contributed by atoms with E-state index < -0.39 is 5.97 Å². The van der Waals surface area contributed by atoms with Crippen LogP contribution in [0.3, 0.4) is 0 Å². The fourth-order valence-corrected chi connectivity index (χ4v) is 2.31. The highest BCUT2D eigenvalue weighted by molar-refractivity contribution is 6.02. The van der Waals surface area contributed by atoms with Gasteiger partial charge in [0, 0.05) is 25.5 Å². The SMILES string of the molecule is CCN(CC)C(=O)COC(=O)c1nn(C)c(=O)c2ccccc12. The Morgan fingerprint density at radius 3 is 2.39 bits per heavy atom. The number of carbonyl (C=O) groups excluding carboxylic acids is 2. The summed E-state index contributed by atoms with van der Waals surface area (Å²) in [6.07, 6.45) is 0. The van der Waals surface area contributed by atoms with Gasteiger partial charge in [-0.1, -0.05) is 18.2 Å². The van der Waals surface area contributed by atoms with Crippen LogP contribution in [0.2, 0.25) is 0 Å². The Labute approximate surface area is 133 Å². The van der Waals surface area contributed by atoms with Crippen molar-refractivity contribution in [2.24, 2.45) is 7.05 Å². The number of rotatable bonds is 5. The number of carbonyl (C=O) groups is 2. The quantitative estimate of drug-likeness (QED) is 0.767. The van der Waals surface area contributed by atoms with Gasteiger partial charge < -0.3 is 9.64 Å². The van der Waals surface area contributed by atoms with Gasteiger partial charge in [-0.05, 0) is 19.9 Å². The van der Waals surface area contributed by atoms with Gasteiger partial charge >= 0.3 is 5.97 Å². The zero-order valence-electron chi connectivity index (χ0n) is 13.4. The summed E-state index contributed by atoms with van der Waals surface area (Å²) < 4.78 is 6.16. The number of aromatic nitrogens is 2. The normalized spacial score (nSPS) is 10.6. The maximum absolute atomic E-state index is 12.3. The van der Waals surface area contributed by atoms with Gasteiger partial charge in [-0.2, -0.15) is 5.10 Å². The zero-order valence-corrected chi connectivity index (χ0v) is 13.4. The van der Waals surface area contributed by atoms with Crippen LogP contribution in [0.4, 0.5) is 0 Å². The van der Waals surface area contributed by atoms with Crippen LogP contribution in [0.25, 0.3) is 10.8 Å². The average Bonchev–Trinajstić information content (AvgIpc) is 2.57. The van der Waals surface area contributed by atoms with E-state index in [0.29, 0.717) is 23.9 Å². The number of likely N-dealkylation sites (N-methyl/N-ethyl adjacent to an activating group) is 1. The number of fused-ring (bicyclic) bond motifs is 1. The molecule has 0 saturated carbocycles. The van der Waals surface area contributed by atoms with Gasteiger partial charge in [0.15, 0.2) is 12.3 Å². The topological polar surface area (TPSA) is 81.5 Å². The zero-order chi connectivity index (χ0) is 17.0. The van der Waals surface area contributed by atoms with E-state index >= 15 is 0 Å². The molecule has 0 atom stereocenters. The van der Waals surface area contributed by atoms with Crippen molar-refractivity contribution >= 4 is 22.6 Å². The second-order valence-corrected chi connectivity index (χ2v) is 4.97. The fraction of sp³-hybridized carbons (Fsp3) is 0.375. The van der Waals surface area contributed by atoms with Gasteiger partial charge in [0.2, 0.25) is 0 Å². The molecule has 0 N–H and O–H groups in total. The molecule has 23 heavy (non-hydrogen) atoms. The lowest BCUT2D eigenvalue weighted by atomic mass is 10.1. The maximum atomic E-state index is 12.3. The molecule has 7 nitrogen and oxygen atoms in total. The molecule has 1 aromatic carbocycles. The van der Waals surface area contributed by atoms with Crippen molar-refractivity contribution in [1.82, 2.24) is 14.7 Å². The highest BCUT2D eigenvalue weighted by Crippen LogP contribution is 2.14. The Balaban J connectivity index is 2.27. The molecule has 1 amide bonds. The van der Waals surface area contributed by atoms with Crippen LogP contribution in [0.5, 0.6) is 0 Å². The van der Waals surface area contributed by atoms with Gasteiger partial charge in [0.25, 0.3) is 11.5 Å². The van der Waals surface area contributed by atoms with Gasteiger partial charge in [-0.15, -0.1) is 0 Å². The molecule has 1 aromatic heterocycles. The number of aryl methyl sites for hydroxylation is 1. The third kappa shape index (κ3) is 3.39. The number of hydrogen-bond donors (Lipinski definition) is 0. The Hall–Kier alpha value is -2.70. The van der Waals surface area contributed by atoms with Crippen LogP contribution in [-0.4, -0.2) is 46.3 Å². The first-order valence-corrected chi connectivity index (χ1v) is 7.40. The molecule has 0 aliphatic carbocycles. The smallest absolute Gasteiger partial charge is 0.359 e. The summed E-state index contributed by atoms with van der Waals surface area (Å²) in [5.74, 6) is -0.991.